The number of aromatic nitrogens is 1. The van der Waals surface area contributed by atoms with Crippen LogP contribution in [0.1, 0.15) is 16.2 Å². The van der Waals surface area contributed by atoms with Crippen LogP contribution >= 0.6 is 0 Å². The molecule has 0 spiro atoms. The molecule has 16 heavy (non-hydrogen) atoms. The lowest BCUT2D eigenvalue weighted by atomic mass is 10.2. The molecule has 1 N–H and O–H groups in total. The summed E-state index contributed by atoms with van der Waals surface area (Å²) >= 11 is 0. The van der Waals surface area contributed by atoms with Crippen LogP contribution in [0.2, 0.25) is 0 Å². The molecule has 1 fully saturated rings. The highest BCUT2D eigenvalue weighted by Gasteiger charge is 2.19. The first-order valence-electron chi connectivity index (χ1n) is 5.14. The molecular weight excluding hydrogens is 208 g/mol. The molecule has 0 aliphatic carbocycles. The van der Waals surface area contributed by atoms with Gasteiger partial charge in [-0.25, -0.2) is 9.78 Å². The van der Waals surface area contributed by atoms with Gasteiger partial charge in [0.15, 0.2) is 0 Å². The van der Waals surface area contributed by atoms with E-state index in [0.717, 1.165) is 18.8 Å². The van der Waals surface area contributed by atoms with Crippen LogP contribution in [-0.2, 0) is 4.74 Å². The van der Waals surface area contributed by atoms with Crippen molar-refractivity contribution in [3.63, 3.8) is 0 Å². The van der Waals surface area contributed by atoms with Gasteiger partial charge in [-0.05, 0) is 19.1 Å². The lowest BCUT2D eigenvalue weighted by Crippen LogP contribution is -2.50. The Bertz CT molecular complexity index is 402. The van der Waals surface area contributed by atoms with Crippen LogP contribution in [0, 0.1) is 6.92 Å². The van der Waals surface area contributed by atoms with E-state index in [1.165, 1.54) is 7.11 Å². The van der Waals surface area contributed by atoms with Crippen molar-refractivity contribution in [1.82, 2.24) is 10.3 Å². The second-order valence-corrected chi connectivity index (χ2v) is 3.67. The second kappa shape index (κ2) is 4.49. The third-order valence-corrected chi connectivity index (χ3v) is 2.47. The first-order chi connectivity index (χ1) is 7.70. The summed E-state index contributed by atoms with van der Waals surface area (Å²) < 4.78 is 10.3. The molecule has 0 radical (unpaired) electrons. The molecule has 0 atom stereocenters. The molecule has 5 nitrogen and oxygen atoms in total. The molecular formula is C11H14N2O3. The zero-order valence-corrected chi connectivity index (χ0v) is 9.32. The number of nitrogens with one attached hydrogen (secondary N) is 1. The van der Waals surface area contributed by atoms with Crippen molar-refractivity contribution in [2.75, 3.05) is 20.2 Å². The topological polar surface area (TPSA) is 60.5 Å². The number of carbonyl (C=O) groups excluding carboxylic acids is 1. The number of aryl methyl sites for hydroxylation is 1. The molecule has 0 amide bonds. The highest BCUT2D eigenvalue weighted by Crippen LogP contribution is 2.18. The summed E-state index contributed by atoms with van der Waals surface area (Å²) in [4.78, 5) is 15.4. The Morgan fingerprint density at radius 3 is 2.75 bits per heavy atom. The van der Waals surface area contributed by atoms with E-state index in [9.17, 15) is 4.79 Å². The predicted molar refractivity (Wildman–Crippen MR) is 57.6 cm³/mol. The largest absolute Gasteiger partial charge is 0.486 e. The quantitative estimate of drug-likeness (QED) is 0.756. The molecule has 1 saturated heterocycles. The van der Waals surface area contributed by atoms with Gasteiger partial charge in [0, 0.05) is 13.1 Å². The van der Waals surface area contributed by atoms with E-state index >= 15 is 0 Å². The number of hydrogen-bond acceptors (Lipinski definition) is 5. The predicted octanol–water partition coefficient (Wildman–Crippen LogP) is 0.527. The normalized spacial score (nSPS) is 15.4. The molecule has 1 aromatic rings. The third kappa shape index (κ3) is 2.14. The number of rotatable bonds is 3. The number of methoxy groups -OCH3 is 1. The van der Waals surface area contributed by atoms with E-state index in [1.807, 2.05) is 6.92 Å². The molecule has 0 bridgehead atoms. The maximum Gasteiger partial charge on any atom is 0.356 e. The number of pyridine rings is 1. The summed E-state index contributed by atoms with van der Waals surface area (Å²) in [5.41, 5.74) is 1.01. The van der Waals surface area contributed by atoms with Gasteiger partial charge in [-0.15, -0.1) is 0 Å². The van der Waals surface area contributed by atoms with E-state index in [2.05, 4.69) is 15.0 Å². The molecule has 1 aromatic heterocycles. The van der Waals surface area contributed by atoms with Gasteiger partial charge < -0.3 is 14.8 Å². The first-order valence-corrected chi connectivity index (χ1v) is 5.14. The lowest BCUT2D eigenvalue weighted by Gasteiger charge is -2.28. The van der Waals surface area contributed by atoms with Gasteiger partial charge in [-0.3, -0.25) is 0 Å². The van der Waals surface area contributed by atoms with Gasteiger partial charge in [0.1, 0.15) is 17.5 Å². The molecule has 2 heterocycles. The van der Waals surface area contributed by atoms with Crippen LogP contribution in [0.5, 0.6) is 5.75 Å². The summed E-state index contributed by atoms with van der Waals surface area (Å²) in [5.74, 6) is 0.291. The van der Waals surface area contributed by atoms with Crippen molar-refractivity contribution >= 4 is 5.97 Å². The van der Waals surface area contributed by atoms with Crippen LogP contribution in [0.25, 0.3) is 0 Å². The van der Waals surface area contributed by atoms with Gasteiger partial charge in [0.2, 0.25) is 0 Å². The maximum absolute atomic E-state index is 11.2. The fraction of sp³-hybridized carbons (Fsp3) is 0.455. The maximum atomic E-state index is 11.2. The molecule has 1 aliphatic heterocycles. The van der Waals surface area contributed by atoms with E-state index < -0.39 is 5.97 Å². The number of nitrogens with zero attached hydrogens (tertiary/aromatic N) is 1. The molecule has 2 rings (SSSR count). The van der Waals surface area contributed by atoms with Gasteiger partial charge in [-0.2, -0.15) is 0 Å². The Morgan fingerprint density at radius 2 is 2.25 bits per heavy atom. The van der Waals surface area contributed by atoms with Crippen molar-refractivity contribution < 1.29 is 14.3 Å². The fourth-order valence-corrected chi connectivity index (χ4v) is 1.42. The minimum absolute atomic E-state index is 0.212. The Hall–Kier alpha value is -1.62. The third-order valence-electron chi connectivity index (χ3n) is 2.47. The second-order valence-electron chi connectivity index (χ2n) is 3.67. The fourth-order valence-electron chi connectivity index (χ4n) is 1.42. The van der Waals surface area contributed by atoms with Gasteiger partial charge in [-0.1, -0.05) is 0 Å². The molecule has 1 aliphatic rings. The van der Waals surface area contributed by atoms with Gasteiger partial charge in [0.05, 0.1) is 12.8 Å². The van der Waals surface area contributed by atoms with Crippen LogP contribution in [0.15, 0.2) is 12.1 Å². The first kappa shape index (κ1) is 10.9. The highest BCUT2D eigenvalue weighted by molar-refractivity contribution is 5.87. The Labute approximate surface area is 93.8 Å². The van der Waals surface area contributed by atoms with Crippen molar-refractivity contribution in [3.8, 4) is 5.75 Å². The Balaban J connectivity index is 2.12. The number of hydrogen-bond donors (Lipinski definition) is 1. The van der Waals surface area contributed by atoms with Crippen molar-refractivity contribution in [2.45, 2.75) is 13.0 Å². The van der Waals surface area contributed by atoms with Crippen molar-refractivity contribution in [2.24, 2.45) is 0 Å². The van der Waals surface area contributed by atoms with Crippen LogP contribution in [0.4, 0.5) is 0 Å². The van der Waals surface area contributed by atoms with E-state index in [-0.39, 0.29) is 6.10 Å². The number of ether oxygens (including phenoxy) is 2. The summed E-state index contributed by atoms with van der Waals surface area (Å²) in [7, 11) is 1.34. The Kier molecular flexibility index (Phi) is 3.05. The van der Waals surface area contributed by atoms with Crippen LogP contribution in [-0.4, -0.2) is 37.3 Å². The zero-order chi connectivity index (χ0) is 11.5. The highest BCUT2D eigenvalue weighted by atomic mass is 16.5. The molecule has 5 heteroatoms. The smallest absolute Gasteiger partial charge is 0.356 e. The van der Waals surface area contributed by atoms with Crippen molar-refractivity contribution in [3.05, 3.63) is 23.5 Å². The molecule has 0 unspecified atom stereocenters. The Morgan fingerprint density at radius 1 is 1.50 bits per heavy atom. The van der Waals surface area contributed by atoms with Crippen LogP contribution < -0.4 is 10.1 Å². The molecule has 0 aromatic carbocycles. The van der Waals surface area contributed by atoms with E-state index in [1.54, 1.807) is 12.1 Å². The number of carbonyl (C=O) groups is 1. The summed E-state index contributed by atoms with van der Waals surface area (Å²) in [6, 6.07) is 3.37. The van der Waals surface area contributed by atoms with Gasteiger partial charge >= 0.3 is 5.97 Å². The minimum atomic E-state index is -0.431. The average Bonchev–Trinajstić information content (AvgIpc) is 2.23. The van der Waals surface area contributed by atoms with Crippen molar-refractivity contribution in [1.29, 1.82) is 0 Å². The summed E-state index contributed by atoms with van der Waals surface area (Å²) in [6.45, 7) is 3.53. The molecule has 0 saturated carbocycles. The summed E-state index contributed by atoms with van der Waals surface area (Å²) in [5, 5.41) is 3.12. The zero-order valence-electron chi connectivity index (χ0n) is 9.32. The summed E-state index contributed by atoms with van der Waals surface area (Å²) in [6.07, 6.45) is 0.212. The lowest BCUT2D eigenvalue weighted by molar-refractivity contribution is 0.0593. The minimum Gasteiger partial charge on any atom is -0.486 e. The monoisotopic (exact) mass is 222 g/mol. The van der Waals surface area contributed by atoms with Crippen LogP contribution in [0.3, 0.4) is 0 Å². The van der Waals surface area contributed by atoms with E-state index in [0.29, 0.717) is 11.4 Å². The standard InChI is InChI=1S/C11H14N2O3/c1-7-10(16-8-5-12-6-8)4-3-9(13-7)11(14)15-2/h3-4,8,12H,5-6H2,1-2H3. The number of esters is 1. The SMILES string of the molecule is COC(=O)c1ccc(OC2CNC2)c(C)n1. The van der Waals surface area contributed by atoms with Gasteiger partial charge in [0.25, 0.3) is 0 Å². The average molecular weight is 222 g/mol. The van der Waals surface area contributed by atoms with E-state index in [4.69, 9.17) is 4.74 Å². The molecule has 86 valence electrons.